The third-order valence-electron chi connectivity index (χ3n) is 3.98. The Morgan fingerprint density at radius 3 is 2.03 bits per heavy atom. The highest BCUT2D eigenvalue weighted by atomic mass is 32.1. The van der Waals surface area contributed by atoms with Crippen LogP contribution in [-0.2, 0) is 17.3 Å². The molecule has 0 bridgehead atoms. The molecule has 0 saturated heterocycles. The highest BCUT2D eigenvalue weighted by molar-refractivity contribution is 7.84. The second-order valence-corrected chi connectivity index (χ2v) is 8.07. The van der Waals surface area contributed by atoms with Crippen LogP contribution in [0.3, 0.4) is 0 Å². The van der Waals surface area contributed by atoms with Gasteiger partial charge in [0.05, 0.1) is 0 Å². The van der Waals surface area contributed by atoms with Crippen LogP contribution in [0.15, 0.2) is 59.1 Å². The van der Waals surface area contributed by atoms with Gasteiger partial charge in [0.2, 0.25) is 0 Å². The van der Waals surface area contributed by atoms with Gasteiger partial charge >= 0.3 is 0 Å². The van der Waals surface area contributed by atoms with Gasteiger partial charge in [0.25, 0.3) is 11.8 Å². The Kier molecular flexibility index (Phi) is 13.2. The molecular weight excluding hydrogens is 430 g/mol. The van der Waals surface area contributed by atoms with E-state index in [0.717, 1.165) is 12.5 Å². The van der Waals surface area contributed by atoms with Gasteiger partial charge in [-0.2, -0.15) is 0 Å². The molecule has 0 aliphatic heterocycles. The number of hydrogen-bond acceptors (Lipinski definition) is 4. The Morgan fingerprint density at radius 1 is 1.06 bits per heavy atom. The SMILES string of the molecule is C/C(S)=C(/N)C(=O)NCc1ccc(C)cc1.CC(=O)c1cccc(C(C)(F)F)c1.CCC. The zero-order valence-corrected chi connectivity index (χ0v) is 20.5. The van der Waals surface area contributed by atoms with Gasteiger partial charge in [-0.05, 0) is 32.4 Å². The standard InChI is InChI=1S/C12H16N2OS.C10H10F2O.C3H8/c1-8-3-5-10(6-4-8)7-14-12(15)11(13)9(2)16;1-7(13)8-4-3-5-9(6-8)10(2,11)12;1-3-2/h3-6,16H,7,13H2,1-2H3,(H,14,15);3-6H,1-2H3;3H2,1-2H3/b11-9-;;. The van der Waals surface area contributed by atoms with Crippen molar-refractivity contribution in [3.05, 3.63) is 81.4 Å². The molecule has 0 aliphatic rings. The Labute approximate surface area is 195 Å². The molecule has 7 heteroatoms. The van der Waals surface area contributed by atoms with Gasteiger partial charge in [-0.15, -0.1) is 12.6 Å². The lowest BCUT2D eigenvalue weighted by molar-refractivity contribution is -0.117. The van der Waals surface area contributed by atoms with Crippen molar-refractivity contribution >= 4 is 24.3 Å². The minimum absolute atomic E-state index is 0.125. The van der Waals surface area contributed by atoms with E-state index in [0.29, 0.717) is 17.0 Å². The van der Waals surface area contributed by atoms with Gasteiger partial charge < -0.3 is 11.1 Å². The fraction of sp³-hybridized carbons (Fsp3) is 0.360. The molecule has 2 aromatic carbocycles. The summed E-state index contributed by atoms with van der Waals surface area (Å²) in [5, 5.41) is 2.73. The second-order valence-electron chi connectivity index (χ2n) is 7.40. The van der Waals surface area contributed by atoms with E-state index in [1.165, 1.54) is 43.2 Å². The molecule has 0 radical (unpaired) electrons. The summed E-state index contributed by atoms with van der Waals surface area (Å²) in [7, 11) is 0. The van der Waals surface area contributed by atoms with Crippen LogP contribution in [0.1, 0.15) is 68.1 Å². The van der Waals surface area contributed by atoms with Gasteiger partial charge in [0, 0.05) is 29.5 Å². The number of allylic oxidation sites excluding steroid dienone is 1. The van der Waals surface area contributed by atoms with E-state index in [2.05, 4.69) is 31.8 Å². The predicted molar refractivity (Wildman–Crippen MR) is 131 cm³/mol. The molecular formula is C25H34F2N2O2S. The van der Waals surface area contributed by atoms with Crippen LogP contribution in [0.5, 0.6) is 0 Å². The Balaban J connectivity index is 0.000000543. The molecule has 2 rings (SSSR count). The van der Waals surface area contributed by atoms with Crippen LogP contribution < -0.4 is 11.1 Å². The average Bonchev–Trinajstić information content (AvgIpc) is 2.73. The number of amides is 1. The number of Topliss-reactive ketones (excluding diaryl/α,β-unsaturated/α-hetero) is 1. The fourth-order valence-corrected chi connectivity index (χ4v) is 2.26. The molecule has 32 heavy (non-hydrogen) atoms. The lowest BCUT2D eigenvalue weighted by Crippen LogP contribution is -2.28. The van der Waals surface area contributed by atoms with E-state index >= 15 is 0 Å². The summed E-state index contributed by atoms with van der Waals surface area (Å²) in [5.41, 5.74) is 8.14. The average molecular weight is 465 g/mol. The molecule has 2 aromatic rings. The number of rotatable bonds is 5. The molecule has 176 valence electrons. The molecule has 1 amide bonds. The second kappa shape index (κ2) is 14.4. The Morgan fingerprint density at radius 2 is 1.59 bits per heavy atom. The molecule has 0 aliphatic carbocycles. The van der Waals surface area contributed by atoms with Crippen LogP contribution in [0, 0.1) is 6.92 Å². The molecule has 0 fully saturated rings. The molecule has 0 heterocycles. The van der Waals surface area contributed by atoms with Crippen LogP contribution in [0.4, 0.5) is 8.78 Å². The highest BCUT2D eigenvalue weighted by Crippen LogP contribution is 2.27. The van der Waals surface area contributed by atoms with Crippen molar-refractivity contribution in [2.24, 2.45) is 5.73 Å². The van der Waals surface area contributed by atoms with Gasteiger partial charge in [-0.25, -0.2) is 8.78 Å². The van der Waals surface area contributed by atoms with Crippen molar-refractivity contribution in [1.82, 2.24) is 5.32 Å². The molecule has 0 atom stereocenters. The van der Waals surface area contributed by atoms with E-state index in [-0.39, 0.29) is 23.0 Å². The van der Waals surface area contributed by atoms with Crippen molar-refractivity contribution in [1.29, 1.82) is 0 Å². The van der Waals surface area contributed by atoms with Crippen molar-refractivity contribution in [2.45, 2.75) is 60.4 Å². The first-order valence-electron chi connectivity index (χ1n) is 10.3. The van der Waals surface area contributed by atoms with Gasteiger partial charge in [-0.1, -0.05) is 68.3 Å². The van der Waals surface area contributed by atoms with E-state index in [4.69, 9.17) is 5.73 Å². The summed E-state index contributed by atoms with van der Waals surface area (Å²) in [6.45, 7) is 10.6. The molecule has 0 unspecified atom stereocenters. The Hall–Kier alpha value is -2.67. The number of thiol groups is 1. The van der Waals surface area contributed by atoms with Crippen LogP contribution in [0.2, 0.25) is 0 Å². The van der Waals surface area contributed by atoms with Gasteiger partial charge in [-0.3, -0.25) is 9.59 Å². The van der Waals surface area contributed by atoms with Gasteiger partial charge in [0.1, 0.15) is 5.70 Å². The summed E-state index contributed by atoms with van der Waals surface area (Å²) >= 11 is 4.02. The van der Waals surface area contributed by atoms with E-state index < -0.39 is 5.92 Å². The number of carbonyl (C=O) groups is 2. The van der Waals surface area contributed by atoms with Gasteiger partial charge in [0.15, 0.2) is 5.78 Å². The number of halogens is 2. The first-order valence-corrected chi connectivity index (χ1v) is 10.8. The third-order valence-corrected chi connectivity index (χ3v) is 4.22. The summed E-state index contributed by atoms with van der Waals surface area (Å²) < 4.78 is 25.6. The van der Waals surface area contributed by atoms with Crippen LogP contribution >= 0.6 is 12.6 Å². The van der Waals surface area contributed by atoms with Crippen molar-refractivity contribution in [2.75, 3.05) is 0 Å². The smallest absolute Gasteiger partial charge is 0.270 e. The monoisotopic (exact) mass is 464 g/mol. The fourth-order valence-electron chi connectivity index (χ4n) is 2.16. The number of aryl methyl sites for hydroxylation is 1. The quantitative estimate of drug-likeness (QED) is 0.282. The minimum Gasteiger partial charge on any atom is -0.394 e. The van der Waals surface area contributed by atoms with Crippen LogP contribution in [0.25, 0.3) is 0 Å². The summed E-state index contributed by atoms with van der Waals surface area (Å²) in [6.07, 6.45) is 1.25. The molecule has 0 saturated carbocycles. The molecule has 0 aromatic heterocycles. The largest absolute Gasteiger partial charge is 0.394 e. The van der Waals surface area contributed by atoms with Crippen molar-refractivity contribution in [3.63, 3.8) is 0 Å². The number of benzene rings is 2. The molecule has 3 N–H and O–H groups in total. The maximum absolute atomic E-state index is 12.8. The Bertz CT molecular complexity index is 901. The predicted octanol–water partition coefficient (Wildman–Crippen LogP) is 6.15. The number of ketones is 1. The maximum atomic E-state index is 12.8. The van der Waals surface area contributed by atoms with Crippen molar-refractivity contribution in [3.8, 4) is 0 Å². The third kappa shape index (κ3) is 11.6. The first-order chi connectivity index (χ1) is 14.8. The first kappa shape index (κ1) is 29.3. The zero-order chi connectivity index (χ0) is 24.9. The lowest BCUT2D eigenvalue weighted by Gasteiger charge is -2.10. The maximum Gasteiger partial charge on any atom is 0.270 e. The summed E-state index contributed by atoms with van der Waals surface area (Å²) in [4.78, 5) is 22.9. The number of nitrogens with two attached hydrogens (primary N) is 1. The zero-order valence-electron chi connectivity index (χ0n) is 19.6. The number of hydrogen-bond donors (Lipinski definition) is 3. The van der Waals surface area contributed by atoms with Crippen LogP contribution in [-0.4, -0.2) is 11.7 Å². The topological polar surface area (TPSA) is 72.2 Å². The van der Waals surface area contributed by atoms with Crippen molar-refractivity contribution < 1.29 is 18.4 Å². The lowest BCUT2D eigenvalue weighted by atomic mass is 10.0. The number of carbonyl (C=O) groups excluding carboxylic acids is 2. The summed E-state index contributed by atoms with van der Waals surface area (Å²) in [6, 6.07) is 13.5. The van der Waals surface area contributed by atoms with E-state index in [9.17, 15) is 18.4 Å². The van der Waals surface area contributed by atoms with E-state index in [1.807, 2.05) is 31.2 Å². The normalized spacial score (nSPS) is 11.2. The minimum atomic E-state index is -2.88. The number of nitrogens with one attached hydrogen (secondary N) is 1. The van der Waals surface area contributed by atoms with E-state index in [1.54, 1.807) is 6.92 Å². The molecule has 0 spiro atoms. The summed E-state index contributed by atoms with van der Waals surface area (Å²) in [5.74, 6) is -3.37. The number of alkyl halides is 2. The highest BCUT2D eigenvalue weighted by Gasteiger charge is 2.24. The molecule has 4 nitrogen and oxygen atoms in total.